The number of hydrogen-bond acceptors (Lipinski definition) is 1. The fourth-order valence-corrected chi connectivity index (χ4v) is 0.869. The van der Waals surface area contributed by atoms with Gasteiger partial charge in [-0.1, -0.05) is 39.2 Å². The molecule has 0 saturated carbocycles. The summed E-state index contributed by atoms with van der Waals surface area (Å²) in [6, 6.07) is 0. The fourth-order valence-electron chi connectivity index (χ4n) is 0.869. The normalized spacial score (nSPS) is 9.38. The molecule has 0 amide bonds. The minimum atomic E-state index is 1.15. The molecule has 1 heteroatoms. The summed E-state index contributed by atoms with van der Waals surface area (Å²) in [6.07, 6.45) is 5.56. The predicted octanol–water partition coefficient (Wildman–Crippen LogP) is 4.24. The summed E-state index contributed by atoms with van der Waals surface area (Å²) in [5, 5.41) is 0. The molecule has 0 aromatic heterocycles. The lowest BCUT2D eigenvalue weighted by molar-refractivity contribution is 0.926. The summed E-state index contributed by atoms with van der Waals surface area (Å²) in [6.45, 7) is 10.7. The van der Waals surface area contributed by atoms with Gasteiger partial charge in [0.1, 0.15) is 0 Å². The summed E-state index contributed by atoms with van der Waals surface area (Å²) in [5.74, 6) is 0. The molecule has 0 saturated heterocycles. The quantitative estimate of drug-likeness (QED) is 0.580. The summed E-state index contributed by atoms with van der Waals surface area (Å²) in [5.41, 5.74) is 2.76. The lowest BCUT2D eigenvalue weighted by Crippen LogP contribution is -1.87. The van der Waals surface area contributed by atoms with E-state index in [0.29, 0.717) is 0 Å². The molecular formula is C12H25N. The maximum Gasteiger partial charge on any atom is 0.0277 e. The maximum absolute atomic E-state index is 3.99. The van der Waals surface area contributed by atoms with E-state index in [1.165, 1.54) is 24.0 Å². The van der Waals surface area contributed by atoms with Gasteiger partial charge in [-0.15, -0.1) is 0 Å². The van der Waals surface area contributed by atoms with Gasteiger partial charge in [-0.3, -0.25) is 4.99 Å². The van der Waals surface area contributed by atoms with Crippen molar-refractivity contribution in [2.45, 2.75) is 53.9 Å². The van der Waals surface area contributed by atoms with Gasteiger partial charge in [0.05, 0.1) is 0 Å². The van der Waals surface area contributed by atoms with Crippen molar-refractivity contribution >= 4 is 6.21 Å². The molecule has 13 heavy (non-hydrogen) atoms. The van der Waals surface area contributed by atoms with Crippen molar-refractivity contribution in [3.63, 3.8) is 0 Å². The van der Waals surface area contributed by atoms with E-state index in [-0.39, 0.29) is 0 Å². The van der Waals surface area contributed by atoms with Crippen LogP contribution in [0.25, 0.3) is 0 Å². The van der Waals surface area contributed by atoms with E-state index in [1.807, 2.05) is 13.3 Å². The Morgan fingerprint density at radius 1 is 1.15 bits per heavy atom. The Kier molecular flexibility index (Phi) is 13.1. The van der Waals surface area contributed by atoms with Crippen molar-refractivity contribution in [3.8, 4) is 0 Å². The molecule has 0 aliphatic carbocycles. The Morgan fingerprint density at radius 3 is 1.85 bits per heavy atom. The molecule has 0 N–H and O–H groups in total. The third kappa shape index (κ3) is 11.4. The van der Waals surface area contributed by atoms with Gasteiger partial charge >= 0.3 is 0 Å². The maximum atomic E-state index is 3.99. The Balaban J connectivity index is 0. The SMILES string of the molecule is CCC.CCCC(C=NC)=C(C)C. The Labute approximate surface area is 84.0 Å². The van der Waals surface area contributed by atoms with Gasteiger partial charge in [-0.05, 0) is 25.8 Å². The summed E-state index contributed by atoms with van der Waals surface area (Å²) in [7, 11) is 1.82. The van der Waals surface area contributed by atoms with Crippen LogP contribution in [0.2, 0.25) is 0 Å². The van der Waals surface area contributed by atoms with Gasteiger partial charge in [0.25, 0.3) is 0 Å². The second kappa shape index (κ2) is 11.4. The molecule has 0 spiro atoms. The van der Waals surface area contributed by atoms with Crippen molar-refractivity contribution in [1.82, 2.24) is 0 Å². The summed E-state index contributed by atoms with van der Waals surface area (Å²) < 4.78 is 0. The molecule has 0 radical (unpaired) electrons. The average Bonchev–Trinajstić information content (AvgIpc) is 2.05. The lowest BCUT2D eigenvalue weighted by Gasteiger charge is -2.00. The molecule has 0 unspecified atom stereocenters. The van der Waals surface area contributed by atoms with Crippen LogP contribution in [0.5, 0.6) is 0 Å². The van der Waals surface area contributed by atoms with Gasteiger partial charge in [-0.2, -0.15) is 0 Å². The molecule has 0 aromatic carbocycles. The van der Waals surface area contributed by atoms with Crippen molar-refractivity contribution in [2.24, 2.45) is 4.99 Å². The lowest BCUT2D eigenvalue weighted by atomic mass is 10.1. The number of nitrogens with zero attached hydrogens (tertiary/aromatic N) is 1. The van der Waals surface area contributed by atoms with Gasteiger partial charge < -0.3 is 0 Å². The molecule has 0 atom stereocenters. The second-order valence-corrected chi connectivity index (χ2v) is 3.37. The monoisotopic (exact) mass is 183 g/mol. The largest absolute Gasteiger partial charge is 0.296 e. The molecule has 0 heterocycles. The zero-order valence-corrected chi connectivity index (χ0v) is 10.1. The standard InChI is InChI=1S/C9H17N.C3H8/c1-5-6-9(7-10-4)8(2)3;1-3-2/h7H,5-6H2,1-4H3;3H2,1-2H3. The zero-order chi connectivity index (χ0) is 10.7. The first-order valence-electron chi connectivity index (χ1n) is 5.22. The minimum absolute atomic E-state index is 1.15. The van der Waals surface area contributed by atoms with E-state index < -0.39 is 0 Å². The predicted molar refractivity (Wildman–Crippen MR) is 63.7 cm³/mol. The van der Waals surface area contributed by atoms with Crippen LogP contribution in [0.15, 0.2) is 16.1 Å². The van der Waals surface area contributed by atoms with Crippen molar-refractivity contribution in [1.29, 1.82) is 0 Å². The highest BCUT2D eigenvalue weighted by Crippen LogP contribution is 2.07. The van der Waals surface area contributed by atoms with Gasteiger partial charge in [0, 0.05) is 13.3 Å². The van der Waals surface area contributed by atoms with Crippen molar-refractivity contribution < 1.29 is 0 Å². The molecular weight excluding hydrogens is 158 g/mol. The minimum Gasteiger partial charge on any atom is -0.296 e. The van der Waals surface area contributed by atoms with Crippen LogP contribution in [0.4, 0.5) is 0 Å². The van der Waals surface area contributed by atoms with E-state index in [1.54, 1.807) is 0 Å². The highest BCUT2D eigenvalue weighted by Gasteiger charge is 1.92. The number of allylic oxidation sites excluding steroid dienone is 2. The van der Waals surface area contributed by atoms with Gasteiger partial charge in [0.2, 0.25) is 0 Å². The molecule has 0 aliphatic heterocycles. The third-order valence-electron chi connectivity index (χ3n) is 1.45. The number of hydrogen-bond donors (Lipinski definition) is 0. The van der Waals surface area contributed by atoms with Gasteiger partial charge in [0.15, 0.2) is 0 Å². The number of aliphatic imine (C=N–C) groups is 1. The molecule has 0 bridgehead atoms. The van der Waals surface area contributed by atoms with E-state index in [9.17, 15) is 0 Å². The zero-order valence-electron chi connectivity index (χ0n) is 10.1. The molecule has 1 nitrogen and oxygen atoms in total. The van der Waals surface area contributed by atoms with Crippen LogP contribution in [0, 0.1) is 0 Å². The average molecular weight is 183 g/mol. The van der Waals surface area contributed by atoms with E-state index >= 15 is 0 Å². The highest BCUT2D eigenvalue weighted by molar-refractivity contribution is 5.79. The summed E-state index contributed by atoms with van der Waals surface area (Å²) >= 11 is 0. The Morgan fingerprint density at radius 2 is 1.62 bits per heavy atom. The number of rotatable bonds is 3. The van der Waals surface area contributed by atoms with Crippen LogP contribution in [0.1, 0.15) is 53.9 Å². The second-order valence-electron chi connectivity index (χ2n) is 3.37. The molecule has 0 aliphatic rings. The van der Waals surface area contributed by atoms with E-state index in [2.05, 4.69) is 39.6 Å². The van der Waals surface area contributed by atoms with Crippen LogP contribution >= 0.6 is 0 Å². The first-order valence-corrected chi connectivity index (χ1v) is 5.22. The van der Waals surface area contributed by atoms with Crippen LogP contribution in [-0.4, -0.2) is 13.3 Å². The molecule has 78 valence electrons. The Hall–Kier alpha value is -0.590. The van der Waals surface area contributed by atoms with Crippen molar-refractivity contribution in [3.05, 3.63) is 11.1 Å². The van der Waals surface area contributed by atoms with Crippen molar-refractivity contribution in [2.75, 3.05) is 7.05 Å². The molecule has 0 aromatic rings. The first kappa shape index (κ1) is 14.9. The molecule has 0 fully saturated rings. The molecule has 0 rings (SSSR count). The smallest absolute Gasteiger partial charge is 0.0277 e. The first-order chi connectivity index (χ1) is 6.13. The highest BCUT2D eigenvalue weighted by atomic mass is 14.6. The van der Waals surface area contributed by atoms with Crippen LogP contribution in [-0.2, 0) is 0 Å². The Bertz CT molecular complexity index is 151. The van der Waals surface area contributed by atoms with Gasteiger partial charge in [-0.25, -0.2) is 0 Å². The fraction of sp³-hybridized carbons (Fsp3) is 0.750. The van der Waals surface area contributed by atoms with E-state index in [0.717, 1.165) is 6.42 Å². The summed E-state index contributed by atoms with van der Waals surface area (Å²) in [4.78, 5) is 3.99. The van der Waals surface area contributed by atoms with Crippen LogP contribution < -0.4 is 0 Å². The van der Waals surface area contributed by atoms with E-state index in [4.69, 9.17) is 0 Å². The topological polar surface area (TPSA) is 12.4 Å². The van der Waals surface area contributed by atoms with Crippen LogP contribution in [0.3, 0.4) is 0 Å². The third-order valence-corrected chi connectivity index (χ3v) is 1.45.